The predicted octanol–water partition coefficient (Wildman–Crippen LogP) is 4.54. The Morgan fingerprint density at radius 1 is 1.27 bits per heavy atom. The van der Waals surface area contributed by atoms with Crippen LogP contribution >= 0.6 is 11.3 Å². The van der Waals surface area contributed by atoms with E-state index in [4.69, 9.17) is 0 Å². The number of aromatic amines is 1. The summed E-state index contributed by atoms with van der Waals surface area (Å²) in [5.74, 6) is 0.645. The number of aromatic nitrogens is 2. The molecule has 3 N–H and O–H groups in total. The van der Waals surface area contributed by atoms with E-state index in [0.717, 1.165) is 16.6 Å². The number of nitrogens with zero attached hydrogens (tertiary/aromatic N) is 1. The van der Waals surface area contributed by atoms with E-state index in [1.807, 2.05) is 36.7 Å². The Morgan fingerprint density at radius 3 is 3.00 bits per heavy atom. The zero-order chi connectivity index (χ0) is 14.9. The minimum atomic E-state index is -0.264. The van der Waals surface area contributed by atoms with Gasteiger partial charge < -0.3 is 10.3 Å². The average molecular weight is 312 g/mol. The third-order valence-electron chi connectivity index (χ3n) is 4.06. The zero-order valence-electron chi connectivity index (χ0n) is 11.9. The highest BCUT2D eigenvalue weighted by molar-refractivity contribution is 7.15. The van der Waals surface area contributed by atoms with E-state index >= 15 is 0 Å². The number of rotatable bonds is 3. The second-order valence-corrected chi connectivity index (χ2v) is 6.62. The van der Waals surface area contributed by atoms with E-state index in [-0.39, 0.29) is 6.03 Å². The number of hydrogen-bond acceptors (Lipinski definition) is 3. The monoisotopic (exact) mass is 312 g/mol. The number of thiazole rings is 1. The van der Waals surface area contributed by atoms with Gasteiger partial charge in [0, 0.05) is 28.5 Å². The van der Waals surface area contributed by atoms with Crippen molar-refractivity contribution in [3.63, 3.8) is 0 Å². The lowest BCUT2D eigenvalue weighted by atomic mass is 9.85. The molecule has 2 aromatic heterocycles. The molecular formula is C16H16N4OS. The Morgan fingerprint density at radius 2 is 2.18 bits per heavy atom. The molecule has 5 nitrogen and oxygen atoms in total. The van der Waals surface area contributed by atoms with Gasteiger partial charge in [0.1, 0.15) is 0 Å². The third kappa shape index (κ3) is 2.57. The lowest BCUT2D eigenvalue weighted by Gasteiger charge is -2.23. The highest BCUT2D eigenvalue weighted by atomic mass is 32.1. The molecule has 3 aromatic rings. The van der Waals surface area contributed by atoms with Crippen LogP contribution in [-0.4, -0.2) is 16.0 Å². The van der Waals surface area contributed by atoms with Crippen LogP contribution in [0, 0.1) is 0 Å². The van der Waals surface area contributed by atoms with Crippen molar-refractivity contribution in [2.24, 2.45) is 0 Å². The molecule has 2 amide bonds. The number of anilines is 2. The van der Waals surface area contributed by atoms with Crippen LogP contribution in [0.1, 0.15) is 30.1 Å². The standard InChI is InChI=1S/C16H16N4OS/c21-15(19-12-5-4-10-6-7-17-13(10)8-12)20-16-18-9-14(22-16)11-2-1-3-11/h4-9,11,17H,1-3H2,(H2,18,19,20,21). The number of carbonyl (C=O) groups excluding carboxylic acids is 1. The van der Waals surface area contributed by atoms with Gasteiger partial charge in [-0.3, -0.25) is 5.32 Å². The molecule has 2 heterocycles. The zero-order valence-corrected chi connectivity index (χ0v) is 12.7. The van der Waals surface area contributed by atoms with Gasteiger partial charge in [0.05, 0.1) is 0 Å². The quantitative estimate of drug-likeness (QED) is 0.664. The Kier molecular flexibility index (Phi) is 3.31. The highest BCUT2D eigenvalue weighted by Gasteiger charge is 2.22. The fourth-order valence-electron chi connectivity index (χ4n) is 2.61. The summed E-state index contributed by atoms with van der Waals surface area (Å²) >= 11 is 1.57. The van der Waals surface area contributed by atoms with Gasteiger partial charge in [-0.05, 0) is 42.3 Å². The first-order valence-electron chi connectivity index (χ1n) is 7.39. The molecule has 0 aliphatic heterocycles. The van der Waals surface area contributed by atoms with E-state index in [0.29, 0.717) is 11.0 Å². The van der Waals surface area contributed by atoms with Gasteiger partial charge >= 0.3 is 6.03 Å². The lowest BCUT2D eigenvalue weighted by Crippen LogP contribution is -2.19. The molecular weight excluding hydrogens is 296 g/mol. The minimum Gasteiger partial charge on any atom is -0.361 e. The number of urea groups is 1. The van der Waals surface area contributed by atoms with Gasteiger partial charge in [-0.25, -0.2) is 9.78 Å². The summed E-state index contributed by atoms with van der Waals surface area (Å²) < 4.78 is 0. The second kappa shape index (κ2) is 5.46. The maximum atomic E-state index is 12.1. The molecule has 1 aromatic carbocycles. The molecule has 1 saturated carbocycles. The summed E-state index contributed by atoms with van der Waals surface area (Å²) in [5.41, 5.74) is 1.75. The summed E-state index contributed by atoms with van der Waals surface area (Å²) in [7, 11) is 0. The first-order chi connectivity index (χ1) is 10.8. The van der Waals surface area contributed by atoms with E-state index in [1.165, 1.54) is 24.1 Å². The molecule has 22 heavy (non-hydrogen) atoms. The van der Waals surface area contributed by atoms with Gasteiger partial charge in [-0.15, -0.1) is 11.3 Å². The van der Waals surface area contributed by atoms with Crippen molar-refractivity contribution in [3.8, 4) is 0 Å². The van der Waals surface area contributed by atoms with E-state index in [1.54, 1.807) is 11.3 Å². The predicted molar refractivity (Wildman–Crippen MR) is 89.6 cm³/mol. The van der Waals surface area contributed by atoms with Crippen molar-refractivity contribution in [2.75, 3.05) is 10.6 Å². The maximum Gasteiger partial charge on any atom is 0.325 e. The SMILES string of the molecule is O=C(Nc1ccc2cc[nH]c2c1)Nc1ncc(C2CCC2)s1. The van der Waals surface area contributed by atoms with Crippen molar-refractivity contribution in [1.82, 2.24) is 9.97 Å². The highest BCUT2D eigenvalue weighted by Crippen LogP contribution is 2.39. The third-order valence-corrected chi connectivity index (χ3v) is 5.14. The van der Waals surface area contributed by atoms with Crippen LogP contribution in [0.25, 0.3) is 10.9 Å². The summed E-state index contributed by atoms with van der Waals surface area (Å²) in [5, 5.41) is 7.41. The molecule has 1 aliphatic rings. The number of nitrogens with one attached hydrogen (secondary N) is 3. The van der Waals surface area contributed by atoms with Crippen molar-refractivity contribution in [2.45, 2.75) is 25.2 Å². The molecule has 0 bridgehead atoms. The van der Waals surface area contributed by atoms with E-state index in [9.17, 15) is 4.79 Å². The number of hydrogen-bond donors (Lipinski definition) is 3. The Hall–Kier alpha value is -2.34. The molecule has 0 unspecified atom stereocenters. The Bertz CT molecular complexity index is 818. The van der Waals surface area contributed by atoms with Crippen LogP contribution in [0.5, 0.6) is 0 Å². The lowest BCUT2D eigenvalue weighted by molar-refractivity contribution is 0.262. The largest absolute Gasteiger partial charge is 0.361 e. The smallest absolute Gasteiger partial charge is 0.325 e. The normalized spacial score (nSPS) is 14.7. The fourth-order valence-corrected chi connectivity index (χ4v) is 3.59. The van der Waals surface area contributed by atoms with Crippen molar-refractivity contribution < 1.29 is 4.79 Å². The number of H-pyrrole nitrogens is 1. The topological polar surface area (TPSA) is 69.8 Å². The van der Waals surface area contributed by atoms with Crippen LogP contribution in [0.4, 0.5) is 15.6 Å². The number of amides is 2. The van der Waals surface area contributed by atoms with E-state index in [2.05, 4.69) is 20.6 Å². The molecule has 112 valence electrons. The van der Waals surface area contributed by atoms with Crippen molar-refractivity contribution >= 4 is 39.1 Å². The van der Waals surface area contributed by atoms with Gasteiger partial charge in [0.2, 0.25) is 0 Å². The van der Waals surface area contributed by atoms with Gasteiger partial charge in [0.15, 0.2) is 5.13 Å². The molecule has 0 radical (unpaired) electrons. The molecule has 0 spiro atoms. The minimum absolute atomic E-state index is 0.264. The summed E-state index contributed by atoms with van der Waals surface area (Å²) in [4.78, 5) is 20.7. The fraction of sp³-hybridized carbons (Fsp3) is 0.250. The van der Waals surface area contributed by atoms with Crippen molar-refractivity contribution in [1.29, 1.82) is 0 Å². The summed E-state index contributed by atoms with van der Waals surface area (Å²) in [6.45, 7) is 0. The summed E-state index contributed by atoms with van der Waals surface area (Å²) in [6, 6.07) is 7.50. The van der Waals surface area contributed by atoms with Crippen LogP contribution in [0.15, 0.2) is 36.7 Å². The molecule has 0 saturated heterocycles. The van der Waals surface area contributed by atoms with Crippen molar-refractivity contribution in [3.05, 3.63) is 41.5 Å². The van der Waals surface area contributed by atoms with Gasteiger partial charge in [-0.2, -0.15) is 0 Å². The Labute approximate surface area is 131 Å². The first-order valence-corrected chi connectivity index (χ1v) is 8.20. The first kappa shape index (κ1) is 13.3. The Balaban J connectivity index is 1.42. The molecule has 1 aliphatic carbocycles. The average Bonchev–Trinajstić information content (AvgIpc) is 3.05. The van der Waals surface area contributed by atoms with Gasteiger partial charge in [-0.1, -0.05) is 12.5 Å². The molecule has 0 atom stereocenters. The van der Waals surface area contributed by atoms with Crippen LogP contribution in [0.3, 0.4) is 0 Å². The number of fused-ring (bicyclic) bond motifs is 1. The number of carbonyl (C=O) groups is 1. The van der Waals surface area contributed by atoms with Crippen LogP contribution in [0.2, 0.25) is 0 Å². The molecule has 1 fully saturated rings. The second-order valence-electron chi connectivity index (χ2n) is 5.55. The van der Waals surface area contributed by atoms with Crippen LogP contribution in [-0.2, 0) is 0 Å². The maximum absolute atomic E-state index is 12.1. The van der Waals surface area contributed by atoms with Crippen LogP contribution < -0.4 is 10.6 Å². The molecule has 6 heteroatoms. The number of benzene rings is 1. The van der Waals surface area contributed by atoms with E-state index < -0.39 is 0 Å². The molecule has 4 rings (SSSR count). The summed E-state index contributed by atoms with van der Waals surface area (Å²) in [6.07, 6.45) is 7.54. The van der Waals surface area contributed by atoms with Gasteiger partial charge in [0.25, 0.3) is 0 Å².